The summed E-state index contributed by atoms with van der Waals surface area (Å²) in [6, 6.07) is 7.52. The smallest absolute Gasteiger partial charge is 0.225 e. The number of guanidine groups is 1. The maximum Gasteiger partial charge on any atom is 0.225 e. The van der Waals surface area contributed by atoms with Crippen LogP contribution in [0.2, 0.25) is 0 Å². The van der Waals surface area contributed by atoms with Crippen LogP contribution in [0.3, 0.4) is 0 Å². The van der Waals surface area contributed by atoms with Gasteiger partial charge in [0.15, 0.2) is 17.5 Å². The van der Waals surface area contributed by atoms with Crippen LogP contribution in [-0.2, 0) is 0 Å². The Morgan fingerprint density at radius 2 is 1.79 bits per heavy atom. The number of methoxy groups -OCH3 is 2. The molecule has 156 valence electrons. The topological polar surface area (TPSA) is 87.1 Å². The average molecular weight is 399 g/mol. The number of piperazine rings is 1. The van der Waals surface area contributed by atoms with Gasteiger partial charge in [0.1, 0.15) is 0 Å². The third-order valence-corrected chi connectivity index (χ3v) is 4.80. The zero-order chi connectivity index (χ0) is 20.5. The van der Waals surface area contributed by atoms with Gasteiger partial charge in [-0.1, -0.05) is 0 Å². The van der Waals surface area contributed by atoms with E-state index in [0.717, 1.165) is 50.9 Å². The molecule has 1 aromatic heterocycles. The average Bonchev–Trinajstić information content (AvgIpc) is 2.79. The predicted octanol–water partition coefficient (Wildman–Crippen LogP) is 1.30. The summed E-state index contributed by atoms with van der Waals surface area (Å²) in [6.07, 6.45) is 3.57. The lowest BCUT2D eigenvalue weighted by molar-refractivity contribution is 0.260. The first-order valence-electron chi connectivity index (χ1n) is 9.67. The second kappa shape index (κ2) is 10.5. The summed E-state index contributed by atoms with van der Waals surface area (Å²) < 4.78 is 10.6. The lowest BCUT2D eigenvalue weighted by Crippen LogP contribution is -2.49. The molecule has 9 nitrogen and oxygen atoms in total. The molecule has 9 heteroatoms. The van der Waals surface area contributed by atoms with Crippen molar-refractivity contribution in [3.63, 3.8) is 0 Å². The Labute approximate surface area is 171 Å². The molecule has 3 rings (SSSR count). The third kappa shape index (κ3) is 5.71. The zero-order valence-electron chi connectivity index (χ0n) is 17.3. The number of rotatable bonds is 7. The lowest BCUT2D eigenvalue weighted by Gasteiger charge is -2.34. The molecule has 0 aliphatic carbocycles. The fourth-order valence-electron chi connectivity index (χ4n) is 3.19. The van der Waals surface area contributed by atoms with Crippen molar-refractivity contribution in [1.82, 2.24) is 20.2 Å². The molecule has 1 fully saturated rings. The number of anilines is 2. The molecule has 2 aromatic rings. The largest absolute Gasteiger partial charge is 0.493 e. The number of nitrogens with zero attached hydrogens (tertiary/aromatic N) is 5. The quantitative estimate of drug-likeness (QED) is 0.532. The minimum Gasteiger partial charge on any atom is -0.493 e. The van der Waals surface area contributed by atoms with Crippen LogP contribution < -0.4 is 25.0 Å². The Kier molecular flexibility index (Phi) is 7.46. The number of ether oxygens (including phenoxy) is 2. The highest BCUT2D eigenvalue weighted by Gasteiger charge is 2.18. The van der Waals surface area contributed by atoms with Crippen molar-refractivity contribution in [3.05, 3.63) is 36.7 Å². The van der Waals surface area contributed by atoms with Crippen LogP contribution in [0, 0.1) is 0 Å². The molecule has 0 amide bonds. The number of aliphatic imine (C=N–C) groups is 1. The van der Waals surface area contributed by atoms with Crippen molar-refractivity contribution in [2.75, 3.05) is 70.8 Å². The highest BCUT2D eigenvalue weighted by molar-refractivity contribution is 5.93. The van der Waals surface area contributed by atoms with Gasteiger partial charge in [-0.15, -0.1) is 0 Å². The van der Waals surface area contributed by atoms with E-state index in [1.807, 2.05) is 24.3 Å². The van der Waals surface area contributed by atoms with Crippen LogP contribution in [0.5, 0.6) is 11.5 Å². The lowest BCUT2D eigenvalue weighted by atomic mass is 10.2. The Balaban J connectivity index is 1.43. The van der Waals surface area contributed by atoms with E-state index in [4.69, 9.17) is 9.47 Å². The van der Waals surface area contributed by atoms with Crippen molar-refractivity contribution in [2.24, 2.45) is 4.99 Å². The van der Waals surface area contributed by atoms with Crippen molar-refractivity contribution in [2.45, 2.75) is 0 Å². The van der Waals surface area contributed by atoms with Gasteiger partial charge in [-0.3, -0.25) is 9.89 Å². The highest BCUT2D eigenvalue weighted by Crippen LogP contribution is 2.29. The van der Waals surface area contributed by atoms with E-state index < -0.39 is 0 Å². The Bertz CT molecular complexity index is 793. The number of hydrogen-bond acceptors (Lipinski definition) is 7. The van der Waals surface area contributed by atoms with E-state index in [1.54, 1.807) is 33.7 Å². The summed E-state index contributed by atoms with van der Waals surface area (Å²) in [5.41, 5.74) is 0.882. The molecular formula is C20H29N7O2. The van der Waals surface area contributed by atoms with Crippen LogP contribution in [0.1, 0.15) is 0 Å². The molecule has 2 heterocycles. The molecule has 0 radical (unpaired) electrons. The third-order valence-electron chi connectivity index (χ3n) is 4.80. The summed E-state index contributed by atoms with van der Waals surface area (Å²) in [7, 11) is 5.01. The Morgan fingerprint density at radius 1 is 1.07 bits per heavy atom. The molecule has 1 aliphatic heterocycles. The van der Waals surface area contributed by atoms with Crippen LogP contribution in [0.25, 0.3) is 0 Å². The van der Waals surface area contributed by atoms with Crippen molar-refractivity contribution in [3.8, 4) is 11.5 Å². The summed E-state index contributed by atoms with van der Waals surface area (Å²) in [5.74, 6) is 2.90. The molecule has 0 atom stereocenters. The molecule has 0 saturated carbocycles. The monoisotopic (exact) mass is 399 g/mol. The SMILES string of the molecule is CN=C(NCCN1CCN(c2ncccn2)CC1)Nc1ccc(OC)c(OC)c1. The maximum atomic E-state index is 5.35. The number of nitrogens with one attached hydrogen (secondary N) is 2. The standard InChI is InChI=1S/C20H29N7O2/c1-21-19(25-16-5-6-17(28-2)18(15-16)29-3)22-9-10-26-11-13-27(14-12-26)20-23-7-4-8-24-20/h4-8,15H,9-14H2,1-3H3,(H2,21,22,25). The van der Waals surface area contributed by atoms with Crippen LogP contribution in [0.4, 0.5) is 11.6 Å². The van der Waals surface area contributed by atoms with E-state index in [2.05, 4.69) is 35.4 Å². The minimum atomic E-state index is 0.674. The minimum absolute atomic E-state index is 0.674. The number of benzene rings is 1. The first-order valence-corrected chi connectivity index (χ1v) is 9.67. The van der Waals surface area contributed by atoms with Gasteiger partial charge in [-0.2, -0.15) is 0 Å². The van der Waals surface area contributed by atoms with E-state index >= 15 is 0 Å². The molecule has 1 aromatic carbocycles. The maximum absolute atomic E-state index is 5.35. The molecule has 29 heavy (non-hydrogen) atoms. The van der Waals surface area contributed by atoms with E-state index in [9.17, 15) is 0 Å². The highest BCUT2D eigenvalue weighted by atomic mass is 16.5. The van der Waals surface area contributed by atoms with Gasteiger partial charge in [0.2, 0.25) is 5.95 Å². The van der Waals surface area contributed by atoms with Crippen LogP contribution in [0.15, 0.2) is 41.7 Å². The van der Waals surface area contributed by atoms with Crippen molar-refractivity contribution in [1.29, 1.82) is 0 Å². The van der Waals surface area contributed by atoms with E-state index in [1.165, 1.54) is 0 Å². The predicted molar refractivity (Wildman–Crippen MR) is 115 cm³/mol. The van der Waals surface area contributed by atoms with Gasteiger partial charge in [-0.05, 0) is 18.2 Å². The van der Waals surface area contributed by atoms with Gasteiger partial charge >= 0.3 is 0 Å². The molecule has 0 unspecified atom stereocenters. The molecule has 1 aliphatic rings. The Hall–Kier alpha value is -3.07. The number of aromatic nitrogens is 2. The summed E-state index contributed by atoms with van der Waals surface area (Å²) in [5, 5.41) is 6.64. The summed E-state index contributed by atoms with van der Waals surface area (Å²) >= 11 is 0. The normalized spacial score (nSPS) is 15.1. The van der Waals surface area contributed by atoms with E-state index in [-0.39, 0.29) is 0 Å². The van der Waals surface area contributed by atoms with Crippen LogP contribution >= 0.6 is 0 Å². The molecule has 0 bridgehead atoms. The van der Waals surface area contributed by atoms with Gasteiger partial charge in [0.05, 0.1) is 14.2 Å². The molecule has 2 N–H and O–H groups in total. The second-order valence-electron chi connectivity index (χ2n) is 6.57. The zero-order valence-corrected chi connectivity index (χ0v) is 17.3. The molecule has 1 saturated heterocycles. The van der Waals surface area contributed by atoms with Crippen LogP contribution in [-0.4, -0.2) is 81.4 Å². The van der Waals surface area contributed by atoms with Gasteiger partial charge in [-0.25, -0.2) is 9.97 Å². The molecule has 0 spiro atoms. The van der Waals surface area contributed by atoms with Crippen molar-refractivity contribution >= 4 is 17.6 Å². The Morgan fingerprint density at radius 3 is 2.45 bits per heavy atom. The number of hydrogen-bond donors (Lipinski definition) is 2. The van der Waals surface area contributed by atoms with Gasteiger partial charge in [0.25, 0.3) is 0 Å². The fraction of sp³-hybridized carbons (Fsp3) is 0.450. The summed E-state index contributed by atoms with van der Waals surface area (Å²) in [6.45, 7) is 5.58. The first kappa shape index (κ1) is 20.7. The molecular weight excluding hydrogens is 370 g/mol. The first-order chi connectivity index (χ1) is 14.2. The van der Waals surface area contributed by atoms with Gasteiger partial charge in [0, 0.05) is 70.5 Å². The second-order valence-corrected chi connectivity index (χ2v) is 6.57. The van der Waals surface area contributed by atoms with Gasteiger partial charge < -0.3 is 25.0 Å². The van der Waals surface area contributed by atoms with Crippen molar-refractivity contribution < 1.29 is 9.47 Å². The van der Waals surface area contributed by atoms with E-state index in [0.29, 0.717) is 17.5 Å². The summed E-state index contributed by atoms with van der Waals surface area (Å²) in [4.78, 5) is 17.6. The fourth-order valence-corrected chi connectivity index (χ4v) is 3.19.